The number of nitrogens with two attached hydrogens (primary N) is 1. The van der Waals surface area contributed by atoms with Gasteiger partial charge >= 0.3 is 0 Å². The molecule has 0 aliphatic carbocycles. The molecule has 0 saturated carbocycles. The number of hydrogen-bond acceptors (Lipinski definition) is 4. The van der Waals surface area contributed by atoms with Crippen molar-refractivity contribution in [2.75, 3.05) is 31.2 Å². The minimum atomic E-state index is -0.0645. The van der Waals surface area contributed by atoms with Gasteiger partial charge in [-0.2, -0.15) is 0 Å². The summed E-state index contributed by atoms with van der Waals surface area (Å²) in [6.45, 7) is 6.96. The van der Waals surface area contributed by atoms with Gasteiger partial charge in [0.2, 0.25) is 0 Å². The fraction of sp³-hybridized carbons (Fsp3) is 0.462. The summed E-state index contributed by atoms with van der Waals surface area (Å²) < 4.78 is 6.32. The minimum absolute atomic E-state index is 0.0645. The third-order valence-corrected chi connectivity index (χ3v) is 3.43. The molecule has 1 aromatic heterocycles. The van der Waals surface area contributed by atoms with Gasteiger partial charge in [-0.05, 0) is 28.4 Å². The van der Waals surface area contributed by atoms with Crippen LogP contribution in [0.2, 0.25) is 0 Å². The molecule has 1 aliphatic heterocycles. The highest BCUT2D eigenvalue weighted by molar-refractivity contribution is 9.10. The Morgan fingerprint density at radius 3 is 2.94 bits per heavy atom. The molecule has 2 heterocycles. The third-order valence-electron chi connectivity index (χ3n) is 2.99. The summed E-state index contributed by atoms with van der Waals surface area (Å²) in [6.07, 6.45) is 4.40. The predicted octanol–water partition coefficient (Wildman–Crippen LogP) is 2.26. The van der Waals surface area contributed by atoms with Crippen LogP contribution < -0.4 is 10.6 Å². The van der Waals surface area contributed by atoms with Gasteiger partial charge in [0.25, 0.3) is 0 Å². The summed E-state index contributed by atoms with van der Waals surface area (Å²) in [6, 6.07) is 1.98. The molecular formula is C13H18BrN3O. The molecule has 4 nitrogen and oxygen atoms in total. The lowest BCUT2D eigenvalue weighted by Crippen LogP contribution is -2.37. The van der Waals surface area contributed by atoms with E-state index >= 15 is 0 Å². The Morgan fingerprint density at radius 2 is 2.28 bits per heavy atom. The van der Waals surface area contributed by atoms with Gasteiger partial charge in [0.05, 0.1) is 13.2 Å². The zero-order valence-electron chi connectivity index (χ0n) is 10.3. The Balaban J connectivity index is 2.29. The highest BCUT2D eigenvalue weighted by atomic mass is 79.9. The number of aromatic nitrogens is 1. The van der Waals surface area contributed by atoms with Gasteiger partial charge in [0, 0.05) is 35.4 Å². The summed E-state index contributed by atoms with van der Waals surface area (Å²) in [4.78, 5) is 6.74. The van der Waals surface area contributed by atoms with Crippen molar-refractivity contribution in [3.63, 3.8) is 0 Å². The average molecular weight is 312 g/mol. The maximum absolute atomic E-state index is 6.19. The number of morpholine rings is 1. The minimum Gasteiger partial charge on any atom is -0.378 e. The van der Waals surface area contributed by atoms with Crippen LogP contribution in [0.1, 0.15) is 18.0 Å². The first kappa shape index (κ1) is 13.5. The van der Waals surface area contributed by atoms with Crippen molar-refractivity contribution in [1.29, 1.82) is 0 Å². The quantitative estimate of drug-likeness (QED) is 0.867. The zero-order chi connectivity index (χ0) is 13.0. The molecule has 1 saturated heterocycles. The molecule has 0 radical (unpaired) electrons. The molecule has 0 aromatic carbocycles. The molecule has 0 bridgehead atoms. The second-order valence-corrected chi connectivity index (χ2v) is 5.21. The lowest BCUT2D eigenvalue weighted by atomic mass is 10.0. The van der Waals surface area contributed by atoms with Crippen molar-refractivity contribution in [2.24, 2.45) is 5.73 Å². The van der Waals surface area contributed by atoms with Crippen molar-refractivity contribution < 1.29 is 4.74 Å². The largest absolute Gasteiger partial charge is 0.378 e. The predicted molar refractivity (Wildman–Crippen MR) is 76.7 cm³/mol. The van der Waals surface area contributed by atoms with Gasteiger partial charge in [0.1, 0.15) is 5.82 Å². The van der Waals surface area contributed by atoms with E-state index in [4.69, 9.17) is 10.5 Å². The molecule has 1 atom stereocenters. The normalized spacial score (nSPS) is 17.6. The number of anilines is 1. The van der Waals surface area contributed by atoms with Crippen LogP contribution in [0, 0.1) is 0 Å². The van der Waals surface area contributed by atoms with Crippen molar-refractivity contribution in [1.82, 2.24) is 4.98 Å². The van der Waals surface area contributed by atoms with Crippen LogP contribution in [-0.4, -0.2) is 31.3 Å². The van der Waals surface area contributed by atoms with Crippen LogP contribution in [-0.2, 0) is 4.74 Å². The molecule has 0 spiro atoms. The first-order chi connectivity index (χ1) is 8.72. The first-order valence-electron chi connectivity index (χ1n) is 6.07. The maximum Gasteiger partial charge on any atom is 0.133 e. The summed E-state index contributed by atoms with van der Waals surface area (Å²) >= 11 is 3.45. The Kier molecular flexibility index (Phi) is 4.74. The number of pyridine rings is 1. The molecular weight excluding hydrogens is 294 g/mol. The van der Waals surface area contributed by atoms with Gasteiger partial charge in [-0.3, -0.25) is 0 Å². The summed E-state index contributed by atoms with van der Waals surface area (Å²) in [5.41, 5.74) is 7.25. The Morgan fingerprint density at radius 1 is 1.56 bits per heavy atom. The molecule has 2 N–H and O–H groups in total. The third kappa shape index (κ3) is 3.10. The zero-order valence-corrected chi connectivity index (χ0v) is 11.9. The highest BCUT2D eigenvalue weighted by Crippen LogP contribution is 2.28. The Labute approximate surface area is 116 Å². The second kappa shape index (κ2) is 6.31. The van der Waals surface area contributed by atoms with E-state index in [9.17, 15) is 0 Å². The topological polar surface area (TPSA) is 51.4 Å². The van der Waals surface area contributed by atoms with Gasteiger partial charge < -0.3 is 15.4 Å². The van der Waals surface area contributed by atoms with Gasteiger partial charge in [-0.25, -0.2) is 4.98 Å². The van der Waals surface area contributed by atoms with Crippen molar-refractivity contribution in [3.8, 4) is 0 Å². The second-order valence-electron chi connectivity index (χ2n) is 4.30. The van der Waals surface area contributed by atoms with Crippen LogP contribution in [0.3, 0.4) is 0 Å². The molecule has 2 rings (SSSR count). The van der Waals surface area contributed by atoms with E-state index in [-0.39, 0.29) is 6.04 Å². The van der Waals surface area contributed by atoms with Crippen molar-refractivity contribution in [2.45, 2.75) is 12.5 Å². The van der Waals surface area contributed by atoms with E-state index in [1.165, 1.54) is 0 Å². The number of ether oxygens (including phenoxy) is 1. The smallest absolute Gasteiger partial charge is 0.133 e. The number of halogens is 1. The number of rotatable bonds is 4. The molecule has 0 amide bonds. The summed E-state index contributed by atoms with van der Waals surface area (Å²) in [5.74, 6) is 0.968. The SMILES string of the molecule is C=CCC(N)c1cc(Br)cnc1N1CCOCC1. The fourth-order valence-corrected chi connectivity index (χ4v) is 2.42. The van der Waals surface area contributed by atoms with E-state index < -0.39 is 0 Å². The van der Waals surface area contributed by atoms with E-state index in [0.717, 1.165) is 48.6 Å². The Hall–Kier alpha value is -0.910. The maximum atomic E-state index is 6.19. The van der Waals surface area contributed by atoms with Crippen LogP contribution in [0.4, 0.5) is 5.82 Å². The number of nitrogens with zero attached hydrogens (tertiary/aromatic N) is 2. The fourth-order valence-electron chi connectivity index (χ4n) is 2.07. The summed E-state index contributed by atoms with van der Waals surface area (Å²) in [7, 11) is 0. The molecule has 1 fully saturated rings. The molecule has 1 aliphatic rings. The monoisotopic (exact) mass is 311 g/mol. The highest BCUT2D eigenvalue weighted by Gasteiger charge is 2.19. The Bertz CT molecular complexity index is 419. The summed E-state index contributed by atoms with van der Waals surface area (Å²) in [5, 5.41) is 0. The molecule has 1 aromatic rings. The lowest BCUT2D eigenvalue weighted by molar-refractivity contribution is 0.122. The van der Waals surface area contributed by atoms with Crippen LogP contribution in [0.15, 0.2) is 29.4 Å². The van der Waals surface area contributed by atoms with Gasteiger partial charge in [-0.15, -0.1) is 6.58 Å². The van der Waals surface area contributed by atoms with E-state index in [0.29, 0.717) is 0 Å². The van der Waals surface area contributed by atoms with E-state index in [2.05, 4.69) is 32.4 Å². The van der Waals surface area contributed by atoms with E-state index in [1.807, 2.05) is 18.3 Å². The van der Waals surface area contributed by atoms with Gasteiger partial charge in [-0.1, -0.05) is 6.08 Å². The molecule has 18 heavy (non-hydrogen) atoms. The standard InChI is InChI=1S/C13H18BrN3O/c1-2-3-12(15)11-8-10(14)9-16-13(11)17-4-6-18-7-5-17/h2,8-9,12H,1,3-7,15H2. The lowest BCUT2D eigenvalue weighted by Gasteiger charge is -2.30. The van der Waals surface area contributed by atoms with Crippen LogP contribution in [0.5, 0.6) is 0 Å². The van der Waals surface area contributed by atoms with Crippen molar-refractivity contribution >= 4 is 21.7 Å². The van der Waals surface area contributed by atoms with Crippen LogP contribution in [0.25, 0.3) is 0 Å². The van der Waals surface area contributed by atoms with E-state index in [1.54, 1.807) is 0 Å². The van der Waals surface area contributed by atoms with Gasteiger partial charge in [0.15, 0.2) is 0 Å². The molecule has 98 valence electrons. The molecule has 5 heteroatoms. The molecule has 1 unspecified atom stereocenters. The van der Waals surface area contributed by atoms with Crippen LogP contribution >= 0.6 is 15.9 Å². The average Bonchev–Trinajstić information content (AvgIpc) is 2.40. The first-order valence-corrected chi connectivity index (χ1v) is 6.86. The number of hydrogen-bond donors (Lipinski definition) is 1. The van der Waals surface area contributed by atoms with Crippen molar-refractivity contribution in [3.05, 3.63) is 35.0 Å².